The molecular weight excluding hydrogens is 378 g/mol. The van der Waals surface area contributed by atoms with Crippen molar-refractivity contribution in [1.29, 1.82) is 0 Å². The van der Waals surface area contributed by atoms with E-state index in [-0.39, 0.29) is 0 Å². The van der Waals surface area contributed by atoms with Crippen LogP contribution in [-0.2, 0) is 4.74 Å². The molecule has 8 nitrogen and oxygen atoms in total. The van der Waals surface area contributed by atoms with Gasteiger partial charge in [-0.1, -0.05) is 0 Å². The molecule has 2 heterocycles. The molecular formula is C9H11FIN2O6-. The van der Waals surface area contributed by atoms with E-state index in [2.05, 4.69) is 0 Å². The summed E-state index contributed by atoms with van der Waals surface area (Å²) < 4.78 is 17.3. The van der Waals surface area contributed by atoms with Crippen LogP contribution in [0.3, 0.4) is 0 Å². The fourth-order valence-corrected chi connectivity index (χ4v) is 4.04. The van der Waals surface area contributed by atoms with E-state index in [1.165, 1.54) is 0 Å². The molecule has 1 aliphatic heterocycles. The van der Waals surface area contributed by atoms with Crippen molar-refractivity contribution in [3.63, 3.8) is 0 Å². The Morgan fingerprint density at radius 1 is 1.58 bits per heavy atom. The van der Waals surface area contributed by atoms with Crippen LogP contribution in [0.25, 0.3) is 0 Å². The van der Waals surface area contributed by atoms with E-state index in [0.29, 0.717) is 0 Å². The summed E-state index contributed by atoms with van der Waals surface area (Å²) in [6, 6.07) is 1.05. The zero-order valence-corrected chi connectivity index (χ0v) is 11.5. The monoisotopic (exact) mass is 389 g/mol. The van der Waals surface area contributed by atoms with Crippen LogP contribution in [-0.4, -0.2) is 51.9 Å². The molecule has 1 aromatic heterocycles. The quantitative estimate of drug-likeness (QED) is 0.302. The number of rotatable bonds is 3. The average Bonchev–Trinajstić information content (AvgIpc) is 2.58. The zero-order valence-electron chi connectivity index (χ0n) is 9.36. The summed E-state index contributed by atoms with van der Waals surface area (Å²) in [6.45, 7) is -0.659. The van der Waals surface area contributed by atoms with Crippen molar-refractivity contribution in [2.45, 2.75) is 22.2 Å². The second-order valence-electron chi connectivity index (χ2n) is 3.85. The topological polar surface area (TPSA) is 125 Å². The van der Waals surface area contributed by atoms with Crippen molar-refractivity contribution in [1.82, 2.24) is 7.76 Å². The molecule has 0 aromatic carbocycles. The first-order valence-corrected chi connectivity index (χ1v) is 7.23. The van der Waals surface area contributed by atoms with Crippen LogP contribution in [0.5, 0.6) is 0 Å². The molecule has 0 spiro atoms. The van der Waals surface area contributed by atoms with Gasteiger partial charge in [-0.2, -0.15) is 0 Å². The molecule has 4 N–H and O–H groups in total. The van der Waals surface area contributed by atoms with Gasteiger partial charge in [0.2, 0.25) is 0 Å². The molecule has 0 aliphatic carbocycles. The van der Waals surface area contributed by atoms with Gasteiger partial charge in [0, 0.05) is 0 Å². The van der Waals surface area contributed by atoms with E-state index in [0.717, 1.165) is 15.0 Å². The first-order chi connectivity index (χ1) is 8.87. The molecule has 1 aliphatic rings. The molecule has 19 heavy (non-hydrogen) atoms. The predicted molar refractivity (Wildman–Crippen MR) is 54.5 cm³/mol. The number of aliphatic hydroxyl groups excluding tert-OH is 2. The van der Waals surface area contributed by atoms with E-state index in [9.17, 15) is 24.2 Å². The standard InChI is InChI=1S/C9H11FIN2O6/c10-7-6(16)4(3-14)19-9(7,18)11-13-2-1-5(15)12-8(13)17/h1-2,4,6-7,14,16,18H,3H2,(H,12,15,17)/q-1/t4-,6-,7?,9-/m1/s1. The van der Waals surface area contributed by atoms with Gasteiger partial charge in [-0.15, -0.1) is 0 Å². The van der Waals surface area contributed by atoms with E-state index in [1.54, 1.807) is 0 Å². The van der Waals surface area contributed by atoms with E-state index in [4.69, 9.17) is 9.84 Å². The molecule has 0 radical (unpaired) electrons. The number of aliphatic hydroxyl groups is 3. The van der Waals surface area contributed by atoms with Gasteiger partial charge in [0.25, 0.3) is 0 Å². The van der Waals surface area contributed by atoms with Crippen LogP contribution >= 0.6 is 0 Å². The van der Waals surface area contributed by atoms with Crippen molar-refractivity contribution >= 4 is 0 Å². The third-order valence-corrected chi connectivity index (χ3v) is 5.33. The summed E-state index contributed by atoms with van der Waals surface area (Å²) in [5, 5.41) is 28.3. The first-order valence-electron chi connectivity index (χ1n) is 5.19. The molecule has 1 fully saturated rings. The summed E-state index contributed by atoms with van der Waals surface area (Å²) in [5.41, 5.74) is -1.42. The number of ether oxygens (including phenoxy) is 1. The molecule has 4 atom stereocenters. The predicted octanol–water partition coefficient (Wildman–Crippen LogP) is -5.88. The second kappa shape index (κ2) is 5.28. The third-order valence-electron chi connectivity index (χ3n) is 2.51. The maximum atomic E-state index is 13.8. The first kappa shape index (κ1) is 14.6. The summed E-state index contributed by atoms with van der Waals surface area (Å²) in [4.78, 5) is 24.3. The second-order valence-corrected chi connectivity index (χ2v) is 6.91. The number of halogens is 2. The Morgan fingerprint density at radius 3 is 2.79 bits per heavy atom. The number of alkyl halides is 2. The number of hydrogen-bond acceptors (Lipinski definition) is 6. The van der Waals surface area contributed by atoms with Crippen LogP contribution in [0.2, 0.25) is 0 Å². The van der Waals surface area contributed by atoms with Gasteiger partial charge in [-0.05, 0) is 0 Å². The Labute approximate surface area is 116 Å². The number of aromatic amines is 1. The number of nitrogens with zero attached hydrogens (tertiary/aromatic N) is 1. The Bertz CT molecular complexity index is 576. The molecule has 0 saturated carbocycles. The van der Waals surface area contributed by atoms with Gasteiger partial charge in [-0.3, -0.25) is 0 Å². The van der Waals surface area contributed by atoms with Gasteiger partial charge in [-0.25, -0.2) is 0 Å². The number of aromatic nitrogens is 2. The van der Waals surface area contributed by atoms with Crippen molar-refractivity contribution in [3.05, 3.63) is 33.1 Å². The van der Waals surface area contributed by atoms with Crippen LogP contribution in [0, 0.1) is 0 Å². The molecule has 0 amide bonds. The van der Waals surface area contributed by atoms with Gasteiger partial charge in [0.1, 0.15) is 0 Å². The van der Waals surface area contributed by atoms with Crippen molar-refractivity contribution in [3.8, 4) is 0 Å². The van der Waals surface area contributed by atoms with Crippen molar-refractivity contribution in [2.24, 2.45) is 0 Å². The average molecular weight is 389 g/mol. The Balaban J connectivity index is 2.27. The van der Waals surface area contributed by atoms with Crippen molar-refractivity contribution < 1.29 is 45.9 Å². The summed E-state index contributed by atoms with van der Waals surface area (Å²) in [6.07, 6.45) is -3.95. The Kier molecular flexibility index (Phi) is 4.06. The fourth-order valence-electron chi connectivity index (χ4n) is 1.56. The summed E-state index contributed by atoms with van der Waals surface area (Å²) in [7, 11) is 0. The van der Waals surface area contributed by atoms with Gasteiger partial charge in [0.05, 0.1) is 0 Å². The number of hydrogen-bond donors (Lipinski definition) is 4. The van der Waals surface area contributed by atoms with Crippen LogP contribution < -0.4 is 32.7 Å². The van der Waals surface area contributed by atoms with E-state index >= 15 is 0 Å². The van der Waals surface area contributed by atoms with Crippen LogP contribution in [0.4, 0.5) is 4.39 Å². The third kappa shape index (κ3) is 2.72. The van der Waals surface area contributed by atoms with Gasteiger partial charge < -0.3 is 0 Å². The minimum absolute atomic E-state index is 0.616. The molecule has 1 aromatic rings. The summed E-state index contributed by atoms with van der Waals surface area (Å²) >= 11 is -1.77. The zero-order chi connectivity index (χ0) is 14.2. The van der Waals surface area contributed by atoms with Gasteiger partial charge in [0.15, 0.2) is 0 Å². The Morgan fingerprint density at radius 2 is 2.26 bits per heavy atom. The van der Waals surface area contributed by atoms with Crippen LogP contribution in [0.15, 0.2) is 21.9 Å². The molecule has 1 saturated heterocycles. The summed E-state index contributed by atoms with van der Waals surface area (Å²) in [5.74, 6) is 0. The molecule has 2 rings (SSSR count). The van der Waals surface area contributed by atoms with Crippen LogP contribution in [0.1, 0.15) is 0 Å². The SMILES string of the molecule is O=c1ccn([I-][C@]2(O)O[C@H](CO)[C@@H](O)C2F)c(=O)[nH]1. The maximum absolute atomic E-state index is 13.8. The molecule has 10 heteroatoms. The molecule has 108 valence electrons. The Hall–Kier alpha value is -0.820. The minimum atomic E-state index is -2.34. The molecule has 0 bridgehead atoms. The number of nitrogens with one attached hydrogen (secondary N) is 1. The van der Waals surface area contributed by atoms with E-state index < -0.39 is 61.5 Å². The fraction of sp³-hybridized carbons (Fsp3) is 0.556. The van der Waals surface area contributed by atoms with Gasteiger partial charge >= 0.3 is 116 Å². The number of H-pyrrole nitrogens is 1. The van der Waals surface area contributed by atoms with Crippen molar-refractivity contribution in [2.75, 3.05) is 6.61 Å². The normalized spacial score (nSPS) is 34.8. The molecule has 1 unspecified atom stereocenters. The van der Waals surface area contributed by atoms with E-state index in [1.807, 2.05) is 4.98 Å².